The second-order valence-corrected chi connectivity index (χ2v) is 4.75. The monoisotopic (exact) mass is 293 g/mol. The van der Waals surface area contributed by atoms with Crippen molar-refractivity contribution in [1.29, 1.82) is 0 Å². The third-order valence-corrected chi connectivity index (χ3v) is 3.25. The van der Waals surface area contributed by atoms with E-state index in [-0.39, 0.29) is 11.9 Å². The molecule has 2 aromatic heterocycles. The average Bonchev–Trinajstić information content (AvgIpc) is 2.90. The fraction of sp³-hybridized carbons (Fsp3) is 0.333. The second kappa shape index (κ2) is 5.56. The topological polar surface area (TPSA) is 92.9 Å². The van der Waals surface area contributed by atoms with Crippen molar-refractivity contribution in [3.63, 3.8) is 0 Å². The van der Waals surface area contributed by atoms with E-state index in [1.54, 1.807) is 18.3 Å². The van der Waals surface area contributed by atoms with Gasteiger partial charge in [-0.05, 0) is 12.1 Å². The molecule has 0 aromatic carbocycles. The van der Waals surface area contributed by atoms with Gasteiger partial charge in [-0.3, -0.25) is 9.78 Å². The van der Waals surface area contributed by atoms with Gasteiger partial charge in [-0.25, -0.2) is 0 Å². The number of aromatic nitrogens is 3. The molecule has 1 fully saturated rings. The fourth-order valence-corrected chi connectivity index (χ4v) is 2.18. The molecular formula is C12H12ClN5O2. The van der Waals surface area contributed by atoms with Crippen LogP contribution in [0.25, 0.3) is 11.5 Å². The molecule has 3 heterocycles. The number of nitrogens with zero attached hydrogens (tertiary/aromatic N) is 3. The summed E-state index contributed by atoms with van der Waals surface area (Å²) in [5.41, 5.74) is 0.463. The summed E-state index contributed by atoms with van der Waals surface area (Å²) in [4.78, 5) is 20.0. The van der Waals surface area contributed by atoms with Crippen LogP contribution in [0.1, 0.15) is 5.89 Å². The Bertz CT molecular complexity index is 630. The van der Waals surface area contributed by atoms with E-state index >= 15 is 0 Å². The highest BCUT2D eigenvalue weighted by Gasteiger charge is 2.24. The van der Waals surface area contributed by atoms with Crippen LogP contribution in [-0.2, 0) is 11.2 Å². The van der Waals surface area contributed by atoms with Gasteiger partial charge < -0.3 is 15.2 Å². The number of carbonyl (C=O) groups is 1. The van der Waals surface area contributed by atoms with Crippen LogP contribution in [0, 0.1) is 0 Å². The molecule has 7 nitrogen and oxygen atoms in total. The summed E-state index contributed by atoms with van der Waals surface area (Å²) in [6, 6.07) is 3.08. The largest absolute Gasteiger partial charge is 0.353 e. The Balaban J connectivity index is 1.77. The smallest absolute Gasteiger partial charge is 0.237 e. The first-order valence-electron chi connectivity index (χ1n) is 6.18. The van der Waals surface area contributed by atoms with Crippen LogP contribution in [0.2, 0.25) is 5.02 Å². The number of carbonyl (C=O) groups excluding carboxylic acids is 1. The molecule has 20 heavy (non-hydrogen) atoms. The van der Waals surface area contributed by atoms with E-state index < -0.39 is 0 Å². The lowest BCUT2D eigenvalue weighted by Crippen LogP contribution is -2.53. The predicted molar refractivity (Wildman–Crippen MR) is 71.0 cm³/mol. The van der Waals surface area contributed by atoms with Crippen LogP contribution in [0.3, 0.4) is 0 Å². The Morgan fingerprint density at radius 2 is 2.35 bits per heavy atom. The van der Waals surface area contributed by atoms with Crippen molar-refractivity contribution < 1.29 is 9.32 Å². The van der Waals surface area contributed by atoms with Crippen LogP contribution in [0.4, 0.5) is 0 Å². The minimum absolute atomic E-state index is 0.0631. The van der Waals surface area contributed by atoms with Gasteiger partial charge in [0.2, 0.25) is 17.6 Å². The number of amides is 1. The summed E-state index contributed by atoms with van der Waals surface area (Å²) < 4.78 is 5.15. The van der Waals surface area contributed by atoms with Crippen LogP contribution in [-0.4, -0.2) is 40.2 Å². The first-order chi connectivity index (χ1) is 9.74. The first-order valence-corrected chi connectivity index (χ1v) is 6.56. The lowest BCUT2D eigenvalue weighted by atomic mass is 10.1. The highest BCUT2D eigenvalue weighted by molar-refractivity contribution is 6.32. The van der Waals surface area contributed by atoms with Crippen molar-refractivity contribution in [2.24, 2.45) is 0 Å². The molecule has 2 aromatic rings. The molecular weight excluding hydrogens is 282 g/mol. The Hall–Kier alpha value is -1.99. The van der Waals surface area contributed by atoms with Crippen molar-refractivity contribution in [3.05, 3.63) is 29.2 Å². The molecule has 2 N–H and O–H groups in total. The highest BCUT2D eigenvalue weighted by atomic mass is 35.5. The highest BCUT2D eigenvalue weighted by Crippen LogP contribution is 2.22. The Morgan fingerprint density at radius 1 is 1.45 bits per heavy atom. The van der Waals surface area contributed by atoms with Crippen molar-refractivity contribution in [2.75, 3.05) is 13.1 Å². The van der Waals surface area contributed by atoms with Gasteiger partial charge in [-0.15, -0.1) is 0 Å². The molecule has 1 amide bonds. The summed E-state index contributed by atoms with van der Waals surface area (Å²) >= 11 is 6.02. The van der Waals surface area contributed by atoms with Crippen molar-refractivity contribution in [2.45, 2.75) is 12.5 Å². The SMILES string of the molecule is O=C1NCCNC1Cc1nc(-c2ncccc2Cl)no1. The summed E-state index contributed by atoms with van der Waals surface area (Å²) in [6.45, 7) is 1.36. The minimum Gasteiger partial charge on any atom is -0.353 e. The van der Waals surface area contributed by atoms with Gasteiger partial charge in [0.25, 0.3) is 0 Å². The zero-order chi connectivity index (χ0) is 13.9. The third kappa shape index (κ3) is 2.63. The number of halogens is 1. The van der Waals surface area contributed by atoms with Gasteiger partial charge in [0.15, 0.2) is 0 Å². The molecule has 8 heteroatoms. The standard InChI is InChI=1S/C12H12ClN5O2/c13-7-2-1-3-15-10(7)11-17-9(20-18-11)6-8-12(19)16-5-4-14-8/h1-3,8,14H,4-6H2,(H,16,19). The van der Waals surface area contributed by atoms with E-state index in [1.807, 2.05) is 0 Å². The van der Waals surface area contributed by atoms with E-state index in [4.69, 9.17) is 16.1 Å². The summed E-state index contributed by atoms with van der Waals surface area (Å²) in [7, 11) is 0. The lowest BCUT2D eigenvalue weighted by Gasteiger charge is -2.21. The summed E-state index contributed by atoms with van der Waals surface area (Å²) in [5.74, 6) is 0.630. The van der Waals surface area contributed by atoms with E-state index in [9.17, 15) is 4.79 Å². The molecule has 1 atom stereocenters. The third-order valence-electron chi connectivity index (χ3n) is 2.95. The zero-order valence-corrected chi connectivity index (χ0v) is 11.2. The van der Waals surface area contributed by atoms with E-state index in [0.29, 0.717) is 35.4 Å². The van der Waals surface area contributed by atoms with Gasteiger partial charge in [0.1, 0.15) is 5.69 Å². The first kappa shape index (κ1) is 13.0. The molecule has 0 aliphatic carbocycles. The molecule has 1 aliphatic rings. The van der Waals surface area contributed by atoms with Crippen molar-refractivity contribution in [3.8, 4) is 11.5 Å². The molecule has 0 radical (unpaired) electrons. The number of piperazine rings is 1. The van der Waals surface area contributed by atoms with Crippen LogP contribution >= 0.6 is 11.6 Å². The molecule has 1 unspecified atom stereocenters. The second-order valence-electron chi connectivity index (χ2n) is 4.35. The molecule has 0 spiro atoms. The predicted octanol–water partition coefficient (Wildman–Crippen LogP) is 0.416. The van der Waals surface area contributed by atoms with E-state index in [1.165, 1.54) is 0 Å². The maximum atomic E-state index is 11.6. The van der Waals surface area contributed by atoms with E-state index in [0.717, 1.165) is 6.54 Å². The minimum atomic E-state index is -0.351. The van der Waals surface area contributed by atoms with Gasteiger partial charge in [-0.1, -0.05) is 16.8 Å². The average molecular weight is 294 g/mol. The van der Waals surface area contributed by atoms with Gasteiger partial charge in [0, 0.05) is 19.3 Å². The Labute approximate surface area is 119 Å². The Kier molecular flexibility index (Phi) is 3.62. The van der Waals surface area contributed by atoms with Gasteiger partial charge in [0.05, 0.1) is 17.5 Å². The van der Waals surface area contributed by atoms with Crippen LogP contribution in [0.5, 0.6) is 0 Å². The number of nitrogens with one attached hydrogen (secondary N) is 2. The summed E-state index contributed by atoms with van der Waals surface area (Å²) in [6.07, 6.45) is 1.94. The molecule has 3 rings (SSSR count). The van der Waals surface area contributed by atoms with E-state index in [2.05, 4.69) is 25.8 Å². The Morgan fingerprint density at radius 3 is 3.15 bits per heavy atom. The molecule has 104 valence electrons. The van der Waals surface area contributed by atoms with Crippen molar-refractivity contribution >= 4 is 17.5 Å². The number of rotatable bonds is 3. The van der Waals surface area contributed by atoms with Crippen LogP contribution < -0.4 is 10.6 Å². The molecule has 0 bridgehead atoms. The maximum absolute atomic E-state index is 11.6. The zero-order valence-electron chi connectivity index (χ0n) is 10.5. The number of hydrogen-bond donors (Lipinski definition) is 2. The molecule has 0 saturated carbocycles. The maximum Gasteiger partial charge on any atom is 0.237 e. The number of pyridine rings is 1. The van der Waals surface area contributed by atoms with Crippen molar-refractivity contribution in [1.82, 2.24) is 25.8 Å². The van der Waals surface area contributed by atoms with Gasteiger partial charge in [-0.2, -0.15) is 4.98 Å². The summed E-state index contributed by atoms with van der Waals surface area (Å²) in [5, 5.41) is 10.2. The number of hydrogen-bond acceptors (Lipinski definition) is 6. The van der Waals surface area contributed by atoms with Gasteiger partial charge >= 0.3 is 0 Å². The fourth-order valence-electron chi connectivity index (χ4n) is 1.97. The lowest BCUT2D eigenvalue weighted by molar-refractivity contribution is -0.124. The molecule has 1 saturated heterocycles. The van der Waals surface area contributed by atoms with Crippen LogP contribution in [0.15, 0.2) is 22.9 Å². The quantitative estimate of drug-likeness (QED) is 0.852. The molecule has 1 aliphatic heterocycles. The normalized spacial score (nSPS) is 18.9.